The number of carboxylic acid groups (broad SMARTS) is 1. The van der Waals surface area contributed by atoms with E-state index in [4.69, 9.17) is 9.84 Å². The van der Waals surface area contributed by atoms with Crippen molar-refractivity contribution in [3.63, 3.8) is 0 Å². The number of carbonyl (C=O) groups is 2. The zero-order valence-electron chi connectivity index (χ0n) is 10.4. The van der Waals surface area contributed by atoms with Crippen molar-refractivity contribution in [3.8, 4) is 0 Å². The van der Waals surface area contributed by atoms with Crippen LogP contribution in [0.3, 0.4) is 0 Å². The van der Waals surface area contributed by atoms with E-state index in [0.29, 0.717) is 6.54 Å². The lowest BCUT2D eigenvalue weighted by Crippen LogP contribution is -2.53. The van der Waals surface area contributed by atoms with E-state index >= 15 is 0 Å². The molecule has 5 nitrogen and oxygen atoms in total. The van der Waals surface area contributed by atoms with Gasteiger partial charge in [0.1, 0.15) is 0 Å². The molecule has 0 bridgehead atoms. The summed E-state index contributed by atoms with van der Waals surface area (Å²) in [6.45, 7) is 4.28. The van der Waals surface area contributed by atoms with Crippen LogP contribution in [-0.2, 0) is 14.3 Å². The number of hydrogen-bond acceptors (Lipinski definition) is 4. The number of aliphatic carboxylic acids is 1. The first-order chi connectivity index (χ1) is 7.95. The third-order valence-corrected chi connectivity index (χ3v) is 3.52. The molecule has 1 amide bonds. The first kappa shape index (κ1) is 14.3. The lowest BCUT2D eigenvalue weighted by atomic mass is 10.1. The quantitative estimate of drug-likeness (QED) is 0.806. The van der Waals surface area contributed by atoms with E-state index in [1.165, 1.54) is 0 Å². The Kier molecular flexibility index (Phi) is 5.27. The molecule has 1 N–H and O–H groups in total. The minimum Gasteiger partial charge on any atom is -0.479 e. The molecule has 17 heavy (non-hydrogen) atoms. The molecule has 6 heteroatoms. The SMILES string of the molecule is CSCC(C)C(=O)N1CC(C(=O)O)O[C@H](C)C1. The molecule has 0 aromatic heterocycles. The molecule has 1 fully saturated rings. The lowest BCUT2D eigenvalue weighted by Gasteiger charge is -2.36. The minimum atomic E-state index is -1.01. The van der Waals surface area contributed by atoms with Crippen LogP contribution in [0.25, 0.3) is 0 Å². The standard InChI is InChI=1S/C11H19NO4S/c1-7(6-17-3)10(13)12-4-8(2)16-9(5-12)11(14)15/h7-9H,4-6H2,1-3H3,(H,14,15)/t7?,8-,9?/m1/s1. The summed E-state index contributed by atoms with van der Waals surface area (Å²) in [5, 5.41) is 8.93. The number of thioether (sulfide) groups is 1. The Bertz CT molecular complexity index is 297. The van der Waals surface area contributed by atoms with Crippen LogP contribution in [0.15, 0.2) is 0 Å². The zero-order chi connectivity index (χ0) is 13.0. The highest BCUT2D eigenvalue weighted by Gasteiger charge is 2.33. The van der Waals surface area contributed by atoms with Crippen LogP contribution in [0.1, 0.15) is 13.8 Å². The van der Waals surface area contributed by atoms with Crippen molar-refractivity contribution < 1.29 is 19.4 Å². The third-order valence-electron chi connectivity index (χ3n) is 2.69. The number of carboxylic acids is 1. The molecule has 0 aromatic rings. The van der Waals surface area contributed by atoms with Crippen LogP contribution >= 0.6 is 11.8 Å². The van der Waals surface area contributed by atoms with E-state index < -0.39 is 12.1 Å². The van der Waals surface area contributed by atoms with Crippen LogP contribution in [0, 0.1) is 5.92 Å². The van der Waals surface area contributed by atoms with Crippen molar-refractivity contribution in [2.45, 2.75) is 26.1 Å². The van der Waals surface area contributed by atoms with E-state index in [1.807, 2.05) is 13.2 Å². The van der Waals surface area contributed by atoms with Crippen molar-refractivity contribution in [2.75, 3.05) is 25.1 Å². The fourth-order valence-electron chi connectivity index (χ4n) is 1.90. The molecule has 1 saturated heterocycles. The summed E-state index contributed by atoms with van der Waals surface area (Å²) in [6.07, 6.45) is 0.825. The molecule has 0 saturated carbocycles. The largest absolute Gasteiger partial charge is 0.479 e. The molecule has 1 rings (SSSR count). The Hall–Kier alpha value is -0.750. The van der Waals surface area contributed by atoms with E-state index in [2.05, 4.69) is 0 Å². The van der Waals surface area contributed by atoms with Gasteiger partial charge in [-0.15, -0.1) is 0 Å². The van der Waals surface area contributed by atoms with Gasteiger partial charge < -0.3 is 14.7 Å². The normalized spacial score (nSPS) is 26.6. The average Bonchev–Trinajstić information content (AvgIpc) is 2.27. The van der Waals surface area contributed by atoms with Crippen molar-refractivity contribution in [3.05, 3.63) is 0 Å². The number of hydrogen-bond donors (Lipinski definition) is 1. The molecule has 0 aliphatic carbocycles. The van der Waals surface area contributed by atoms with Crippen molar-refractivity contribution in [2.24, 2.45) is 5.92 Å². The second-order valence-corrected chi connectivity index (χ2v) is 5.28. The van der Waals surface area contributed by atoms with Gasteiger partial charge in [0.05, 0.1) is 12.6 Å². The zero-order valence-corrected chi connectivity index (χ0v) is 11.2. The van der Waals surface area contributed by atoms with Gasteiger partial charge in [0.2, 0.25) is 5.91 Å². The molecule has 0 aromatic carbocycles. The Morgan fingerprint density at radius 2 is 2.18 bits per heavy atom. The van der Waals surface area contributed by atoms with Crippen molar-refractivity contribution in [1.82, 2.24) is 4.90 Å². The second kappa shape index (κ2) is 6.26. The predicted octanol–water partition coefficient (Wildman–Crippen LogP) is 0.686. The predicted molar refractivity (Wildman–Crippen MR) is 66.1 cm³/mol. The fraction of sp³-hybridized carbons (Fsp3) is 0.818. The summed E-state index contributed by atoms with van der Waals surface area (Å²) in [5.41, 5.74) is 0. The van der Waals surface area contributed by atoms with Gasteiger partial charge in [0, 0.05) is 18.2 Å². The molecule has 2 unspecified atom stereocenters. The van der Waals surface area contributed by atoms with Gasteiger partial charge in [0.15, 0.2) is 6.10 Å². The molecule has 0 radical (unpaired) electrons. The highest BCUT2D eigenvalue weighted by atomic mass is 32.2. The van der Waals surface area contributed by atoms with Gasteiger partial charge in [0.25, 0.3) is 0 Å². The first-order valence-corrected chi connectivity index (χ1v) is 7.01. The first-order valence-electron chi connectivity index (χ1n) is 5.61. The summed E-state index contributed by atoms with van der Waals surface area (Å²) >= 11 is 1.61. The van der Waals surface area contributed by atoms with Gasteiger partial charge >= 0.3 is 5.97 Å². The molecular formula is C11H19NO4S. The average molecular weight is 261 g/mol. The maximum Gasteiger partial charge on any atom is 0.334 e. The number of carbonyl (C=O) groups excluding carboxylic acids is 1. The Morgan fingerprint density at radius 3 is 2.71 bits per heavy atom. The van der Waals surface area contributed by atoms with E-state index in [0.717, 1.165) is 5.75 Å². The van der Waals surface area contributed by atoms with Crippen molar-refractivity contribution >= 4 is 23.6 Å². The summed E-state index contributed by atoms with van der Waals surface area (Å²) in [6, 6.07) is 0. The van der Waals surface area contributed by atoms with Gasteiger partial charge in [-0.2, -0.15) is 11.8 Å². The summed E-state index contributed by atoms with van der Waals surface area (Å²) in [5.74, 6) is -0.320. The highest BCUT2D eigenvalue weighted by Crippen LogP contribution is 2.16. The maximum absolute atomic E-state index is 12.1. The molecule has 0 spiro atoms. The molecule has 3 atom stereocenters. The maximum atomic E-state index is 12.1. The summed E-state index contributed by atoms with van der Waals surface area (Å²) < 4.78 is 5.27. The topological polar surface area (TPSA) is 66.8 Å². The Labute approximate surface area is 105 Å². The number of ether oxygens (including phenoxy) is 1. The Balaban J connectivity index is 2.63. The smallest absolute Gasteiger partial charge is 0.334 e. The van der Waals surface area contributed by atoms with Gasteiger partial charge in [-0.05, 0) is 13.2 Å². The molecule has 1 aliphatic heterocycles. The molecule has 1 aliphatic rings. The third kappa shape index (κ3) is 3.89. The van der Waals surface area contributed by atoms with Gasteiger partial charge in [-0.3, -0.25) is 4.79 Å². The summed E-state index contributed by atoms with van der Waals surface area (Å²) in [4.78, 5) is 24.6. The number of amides is 1. The highest BCUT2D eigenvalue weighted by molar-refractivity contribution is 7.98. The fourth-order valence-corrected chi connectivity index (χ4v) is 2.54. The van der Waals surface area contributed by atoms with E-state index in [1.54, 1.807) is 23.6 Å². The van der Waals surface area contributed by atoms with Crippen LogP contribution < -0.4 is 0 Å². The minimum absolute atomic E-state index is 0.0146. The number of morpholine rings is 1. The van der Waals surface area contributed by atoms with Gasteiger partial charge in [-0.1, -0.05) is 6.92 Å². The molecular weight excluding hydrogens is 242 g/mol. The van der Waals surface area contributed by atoms with E-state index in [9.17, 15) is 9.59 Å². The number of nitrogens with zero attached hydrogens (tertiary/aromatic N) is 1. The second-order valence-electron chi connectivity index (χ2n) is 4.37. The molecule has 1 heterocycles. The number of rotatable bonds is 4. The van der Waals surface area contributed by atoms with E-state index in [-0.39, 0.29) is 24.5 Å². The van der Waals surface area contributed by atoms with Crippen LogP contribution in [0.2, 0.25) is 0 Å². The van der Waals surface area contributed by atoms with Crippen molar-refractivity contribution in [1.29, 1.82) is 0 Å². The van der Waals surface area contributed by atoms with Gasteiger partial charge in [-0.25, -0.2) is 4.79 Å². The monoisotopic (exact) mass is 261 g/mol. The van der Waals surface area contributed by atoms with Crippen LogP contribution in [-0.4, -0.2) is 59.2 Å². The van der Waals surface area contributed by atoms with Crippen LogP contribution in [0.5, 0.6) is 0 Å². The molecule has 98 valence electrons. The van der Waals surface area contributed by atoms with Crippen LogP contribution in [0.4, 0.5) is 0 Å². The lowest BCUT2D eigenvalue weighted by molar-refractivity contribution is -0.167. The summed E-state index contributed by atoms with van der Waals surface area (Å²) in [7, 11) is 0. The Morgan fingerprint density at radius 1 is 1.53 bits per heavy atom.